The molecule has 0 spiro atoms. The van der Waals surface area contributed by atoms with Crippen molar-refractivity contribution in [1.29, 1.82) is 0 Å². The molecule has 1 aromatic carbocycles. The van der Waals surface area contributed by atoms with Crippen molar-refractivity contribution in [2.45, 2.75) is 70.6 Å². The molecule has 6 nitrogen and oxygen atoms in total. The second-order valence-electron chi connectivity index (χ2n) is 9.89. The van der Waals surface area contributed by atoms with E-state index in [9.17, 15) is 24.2 Å². The Morgan fingerprint density at radius 1 is 1.12 bits per heavy atom. The standard InChI is InChI=1S/C26H25FN2O4/c1-4-26(33)16-9-19-23-15(11-29(19)24(31)14(16)5-6-20(26)30)22-21-13(7-8-25(22,3)32)12(2)17(27)10-18(21)28-23/h9-10,32-33H,4-8,11H2,1-3H3/t25?,26-/m0/s1. The van der Waals surface area contributed by atoms with Gasteiger partial charge in [-0.05, 0) is 56.7 Å². The van der Waals surface area contributed by atoms with Crippen molar-refractivity contribution >= 4 is 16.7 Å². The lowest BCUT2D eigenvalue weighted by molar-refractivity contribution is -0.140. The maximum absolute atomic E-state index is 14.7. The summed E-state index contributed by atoms with van der Waals surface area (Å²) in [5.41, 5.74) is 2.06. The van der Waals surface area contributed by atoms with E-state index in [2.05, 4.69) is 0 Å². The van der Waals surface area contributed by atoms with Gasteiger partial charge in [0.25, 0.3) is 5.56 Å². The quantitative estimate of drug-likeness (QED) is 0.467. The van der Waals surface area contributed by atoms with Gasteiger partial charge in [0.05, 0.1) is 29.1 Å². The first kappa shape index (κ1) is 20.7. The summed E-state index contributed by atoms with van der Waals surface area (Å²) in [5.74, 6) is -0.629. The number of benzene rings is 1. The zero-order chi connectivity index (χ0) is 23.4. The first-order valence-corrected chi connectivity index (χ1v) is 11.5. The zero-order valence-electron chi connectivity index (χ0n) is 18.9. The van der Waals surface area contributed by atoms with Crippen LogP contribution in [-0.4, -0.2) is 25.5 Å². The van der Waals surface area contributed by atoms with Crippen LogP contribution in [0.2, 0.25) is 0 Å². The number of aryl methyl sites for hydroxylation is 1. The molecule has 7 heteroatoms. The lowest BCUT2D eigenvalue weighted by Crippen LogP contribution is -2.43. The van der Waals surface area contributed by atoms with Crippen molar-refractivity contribution in [3.63, 3.8) is 0 Å². The highest BCUT2D eigenvalue weighted by Crippen LogP contribution is 2.47. The van der Waals surface area contributed by atoms with E-state index in [0.717, 1.165) is 16.5 Å². The molecule has 0 fully saturated rings. The topological polar surface area (TPSA) is 92.4 Å². The van der Waals surface area contributed by atoms with Crippen molar-refractivity contribution < 1.29 is 19.4 Å². The Morgan fingerprint density at radius 2 is 1.88 bits per heavy atom. The molecule has 6 rings (SSSR count). The Kier molecular flexibility index (Phi) is 3.99. The van der Waals surface area contributed by atoms with Crippen LogP contribution in [0.15, 0.2) is 16.9 Å². The number of halogens is 1. The fourth-order valence-electron chi connectivity index (χ4n) is 6.17. The summed E-state index contributed by atoms with van der Waals surface area (Å²) in [6.07, 6.45) is 1.59. The van der Waals surface area contributed by atoms with Crippen LogP contribution < -0.4 is 5.56 Å². The number of nitrogens with zero attached hydrogens (tertiary/aromatic N) is 2. The molecule has 3 aliphatic rings. The molecule has 2 atom stereocenters. The molecule has 0 amide bonds. The largest absolute Gasteiger partial charge is 0.385 e. The minimum Gasteiger partial charge on any atom is -0.385 e. The number of fused-ring (bicyclic) bond motifs is 5. The number of carbonyl (C=O) groups excluding carboxylic acids is 1. The predicted molar refractivity (Wildman–Crippen MR) is 121 cm³/mol. The van der Waals surface area contributed by atoms with Gasteiger partial charge in [-0.1, -0.05) is 6.92 Å². The Balaban J connectivity index is 1.72. The van der Waals surface area contributed by atoms with Crippen molar-refractivity contribution in [1.82, 2.24) is 9.55 Å². The average molecular weight is 448 g/mol. The van der Waals surface area contributed by atoms with E-state index >= 15 is 0 Å². The summed E-state index contributed by atoms with van der Waals surface area (Å²) < 4.78 is 16.4. The van der Waals surface area contributed by atoms with Crippen LogP contribution in [0.1, 0.15) is 66.5 Å². The van der Waals surface area contributed by atoms with Gasteiger partial charge in [-0.3, -0.25) is 9.59 Å². The Labute approximate surface area is 189 Å². The van der Waals surface area contributed by atoms with Gasteiger partial charge in [0, 0.05) is 40.1 Å². The van der Waals surface area contributed by atoms with Gasteiger partial charge in [-0.25, -0.2) is 9.37 Å². The predicted octanol–water partition coefficient (Wildman–Crippen LogP) is 3.14. The second-order valence-corrected chi connectivity index (χ2v) is 9.89. The van der Waals surface area contributed by atoms with Crippen molar-refractivity contribution in [3.8, 4) is 11.4 Å². The van der Waals surface area contributed by atoms with E-state index in [1.165, 1.54) is 6.07 Å². The van der Waals surface area contributed by atoms with Crippen LogP contribution in [0.3, 0.4) is 0 Å². The van der Waals surface area contributed by atoms with E-state index in [4.69, 9.17) is 4.98 Å². The van der Waals surface area contributed by atoms with Crippen LogP contribution in [0, 0.1) is 12.7 Å². The first-order chi connectivity index (χ1) is 15.6. The fourth-order valence-corrected chi connectivity index (χ4v) is 6.17. The third-order valence-corrected chi connectivity index (χ3v) is 8.08. The average Bonchev–Trinajstić information content (AvgIpc) is 3.14. The van der Waals surface area contributed by atoms with Gasteiger partial charge in [0.2, 0.25) is 0 Å². The maximum Gasteiger partial charge on any atom is 0.254 e. The number of pyridine rings is 2. The zero-order valence-corrected chi connectivity index (χ0v) is 18.9. The summed E-state index contributed by atoms with van der Waals surface area (Å²) >= 11 is 0. The van der Waals surface area contributed by atoms with Gasteiger partial charge in [-0.15, -0.1) is 0 Å². The third-order valence-electron chi connectivity index (χ3n) is 8.08. The molecule has 2 aromatic heterocycles. The Bertz CT molecular complexity index is 1490. The molecule has 1 unspecified atom stereocenters. The smallest absolute Gasteiger partial charge is 0.254 e. The van der Waals surface area contributed by atoms with Crippen LogP contribution in [0.4, 0.5) is 4.39 Å². The number of hydrogen-bond acceptors (Lipinski definition) is 5. The van der Waals surface area contributed by atoms with Gasteiger partial charge in [-0.2, -0.15) is 0 Å². The summed E-state index contributed by atoms with van der Waals surface area (Å²) in [5, 5.41) is 23.3. The molecule has 3 aromatic rings. The number of Topliss-reactive ketones (excluding diaryl/α,β-unsaturated/α-hetero) is 1. The van der Waals surface area contributed by atoms with E-state index in [1.54, 1.807) is 31.4 Å². The normalized spacial score (nSPS) is 25.2. The fraction of sp³-hybridized carbons (Fsp3) is 0.423. The first-order valence-electron chi connectivity index (χ1n) is 11.5. The number of hydrogen-bond donors (Lipinski definition) is 2. The van der Waals surface area contributed by atoms with Gasteiger partial charge in [0.1, 0.15) is 11.4 Å². The number of ketones is 1. The maximum atomic E-state index is 14.7. The summed E-state index contributed by atoms with van der Waals surface area (Å²) in [6, 6.07) is 3.10. The summed E-state index contributed by atoms with van der Waals surface area (Å²) in [4.78, 5) is 30.9. The van der Waals surface area contributed by atoms with Crippen LogP contribution in [0.5, 0.6) is 0 Å². The second kappa shape index (κ2) is 6.36. The monoisotopic (exact) mass is 448 g/mol. The van der Waals surface area contributed by atoms with E-state index in [0.29, 0.717) is 58.4 Å². The minimum atomic E-state index is -1.70. The highest BCUT2D eigenvalue weighted by molar-refractivity contribution is 5.94. The SMILES string of the molecule is CC[C@@]1(O)C(=O)CCc2c1cc1n(c2=O)Cc2c-1nc1cc(F)c(C)c3c1c2C(C)(O)CC3. The molecule has 0 bridgehead atoms. The lowest BCUT2D eigenvalue weighted by atomic mass is 9.76. The van der Waals surface area contributed by atoms with Crippen molar-refractivity contribution in [2.75, 3.05) is 0 Å². The van der Waals surface area contributed by atoms with E-state index in [1.807, 2.05) is 0 Å². The minimum absolute atomic E-state index is 0.128. The molecule has 3 heterocycles. The van der Waals surface area contributed by atoms with Crippen LogP contribution in [0.25, 0.3) is 22.3 Å². The Morgan fingerprint density at radius 3 is 2.61 bits per heavy atom. The molecule has 1 aliphatic heterocycles. The number of carbonyl (C=O) groups is 1. The molecule has 2 aliphatic carbocycles. The number of aliphatic hydroxyl groups is 2. The molecule has 2 N–H and O–H groups in total. The molecule has 33 heavy (non-hydrogen) atoms. The molecule has 0 saturated heterocycles. The van der Waals surface area contributed by atoms with Gasteiger partial charge < -0.3 is 14.8 Å². The van der Waals surface area contributed by atoms with E-state index < -0.39 is 11.2 Å². The Hall–Kier alpha value is -2.90. The molecular formula is C26H25FN2O4. The highest BCUT2D eigenvalue weighted by Gasteiger charge is 2.44. The lowest BCUT2D eigenvalue weighted by Gasteiger charge is -2.33. The summed E-state index contributed by atoms with van der Waals surface area (Å²) in [6.45, 7) is 5.48. The van der Waals surface area contributed by atoms with Crippen molar-refractivity contribution in [2.24, 2.45) is 0 Å². The third kappa shape index (κ3) is 2.47. The molecular weight excluding hydrogens is 423 g/mol. The van der Waals surface area contributed by atoms with Crippen LogP contribution in [-0.2, 0) is 35.4 Å². The molecule has 0 radical (unpaired) electrons. The highest BCUT2D eigenvalue weighted by atomic mass is 19.1. The van der Waals surface area contributed by atoms with Crippen LogP contribution >= 0.6 is 0 Å². The number of aromatic nitrogens is 2. The number of rotatable bonds is 1. The van der Waals surface area contributed by atoms with E-state index in [-0.39, 0.29) is 36.5 Å². The molecule has 170 valence electrons. The van der Waals surface area contributed by atoms with Crippen molar-refractivity contribution in [3.05, 3.63) is 61.7 Å². The van der Waals surface area contributed by atoms with Gasteiger partial charge >= 0.3 is 0 Å². The molecule has 0 saturated carbocycles. The summed E-state index contributed by atoms with van der Waals surface area (Å²) in [7, 11) is 0. The van der Waals surface area contributed by atoms with Gasteiger partial charge in [0.15, 0.2) is 5.78 Å².